The number of benzene rings is 4. The van der Waals surface area contributed by atoms with Gasteiger partial charge in [0.05, 0.1) is 35.5 Å². The van der Waals surface area contributed by atoms with Gasteiger partial charge in [-0.15, -0.1) is 0 Å². The van der Waals surface area contributed by atoms with Crippen LogP contribution in [0.5, 0.6) is 11.5 Å². The maximum absolute atomic E-state index is 15.3. The van der Waals surface area contributed by atoms with Crippen molar-refractivity contribution in [2.45, 2.75) is 31.1 Å². The van der Waals surface area contributed by atoms with Crippen LogP contribution in [0.4, 0.5) is 4.39 Å². The average Bonchev–Trinajstić information content (AvgIpc) is 2.97. The van der Waals surface area contributed by atoms with Gasteiger partial charge < -0.3 is 14.2 Å². The number of ether oxygens (including phenoxy) is 3. The molecule has 0 aromatic heterocycles. The molecule has 1 atom stereocenters. The van der Waals surface area contributed by atoms with E-state index in [2.05, 4.69) is 10.0 Å². The van der Waals surface area contributed by atoms with Crippen molar-refractivity contribution in [1.82, 2.24) is 10.0 Å². The highest BCUT2D eigenvalue weighted by Gasteiger charge is 2.42. The molecule has 4 aromatic carbocycles. The maximum atomic E-state index is 15.3. The number of halogens is 1. The highest BCUT2D eigenvalue weighted by molar-refractivity contribution is 7.82. The van der Waals surface area contributed by atoms with Gasteiger partial charge in [0.2, 0.25) is 0 Å². The molecular formula is C32H33FN2O4S. The van der Waals surface area contributed by atoms with E-state index in [0.717, 1.165) is 16.7 Å². The van der Waals surface area contributed by atoms with Crippen LogP contribution >= 0.6 is 0 Å². The molecule has 0 bridgehead atoms. The molecule has 0 amide bonds. The first kappa shape index (κ1) is 28.0. The molecule has 4 aromatic rings. The van der Waals surface area contributed by atoms with Crippen LogP contribution in [-0.2, 0) is 46.8 Å². The largest absolute Gasteiger partial charge is 0.489 e. The Labute approximate surface area is 237 Å². The molecule has 1 fully saturated rings. The van der Waals surface area contributed by atoms with Crippen LogP contribution in [0.2, 0.25) is 0 Å². The molecule has 2 N–H and O–H groups in total. The Kier molecular flexibility index (Phi) is 9.23. The van der Waals surface area contributed by atoms with Crippen LogP contribution in [0.3, 0.4) is 0 Å². The minimum Gasteiger partial charge on any atom is -0.489 e. The second-order valence-corrected chi connectivity index (χ2v) is 11.1. The molecule has 0 saturated carbocycles. The van der Waals surface area contributed by atoms with E-state index in [4.69, 9.17) is 14.2 Å². The van der Waals surface area contributed by atoms with Crippen molar-refractivity contribution in [3.63, 3.8) is 0 Å². The zero-order valence-electron chi connectivity index (χ0n) is 22.4. The molecular weight excluding hydrogens is 527 g/mol. The Morgan fingerprint density at radius 1 is 0.850 bits per heavy atom. The summed E-state index contributed by atoms with van der Waals surface area (Å²) in [6, 6.07) is 31.0. The molecule has 1 saturated heterocycles. The van der Waals surface area contributed by atoms with Gasteiger partial charge in [-0.05, 0) is 30.3 Å². The predicted octanol–water partition coefficient (Wildman–Crippen LogP) is 5.38. The molecule has 5 rings (SSSR count). The van der Waals surface area contributed by atoms with E-state index in [9.17, 15) is 4.21 Å². The predicted molar refractivity (Wildman–Crippen MR) is 155 cm³/mol. The van der Waals surface area contributed by atoms with Gasteiger partial charge in [-0.3, -0.25) is 5.32 Å². The average molecular weight is 561 g/mol. The summed E-state index contributed by atoms with van der Waals surface area (Å²) in [5.74, 6) is 1.14. The van der Waals surface area contributed by atoms with Gasteiger partial charge in [0, 0.05) is 29.3 Å². The fourth-order valence-corrected chi connectivity index (χ4v) is 5.25. The lowest BCUT2D eigenvalue weighted by Gasteiger charge is -2.43. The number of nitrogens with one attached hydrogen (secondary N) is 2. The van der Waals surface area contributed by atoms with Crippen molar-refractivity contribution in [3.05, 3.63) is 131 Å². The molecule has 8 heteroatoms. The lowest BCUT2D eigenvalue weighted by molar-refractivity contribution is -0.0808. The Balaban J connectivity index is 1.38. The molecule has 0 spiro atoms. The van der Waals surface area contributed by atoms with Crippen LogP contribution < -0.4 is 19.5 Å². The summed E-state index contributed by atoms with van der Waals surface area (Å²) in [7, 11) is 0.258. The van der Waals surface area contributed by atoms with Crippen LogP contribution in [-0.4, -0.2) is 24.5 Å². The third-order valence-electron chi connectivity index (χ3n) is 6.94. The van der Waals surface area contributed by atoms with Crippen molar-refractivity contribution in [1.29, 1.82) is 0 Å². The number of rotatable bonds is 13. The van der Waals surface area contributed by atoms with Crippen LogP contribution in [0.25, 0.3) is 0 Å². The van der Waals surface area contributed by atoms with Crippen molar-refractivity contribution in [3.8, 4) is 11.5 Å². The monoisotopic (exact) mass is 560 g/mol. The van der Waals surface area contributed by atoms with Crippen LogP contribution in [0.1, 0.15) is 27.8 Å². The summed E-state index contributed by atoms with van der Waals surface area (Å²) >= 11 is 0. The zero-order chi connectivity index (χ0) is 27.8. The Hall–Kier alpha value is -3.56. The Morgan fingerprint density at radius 3 is 2.12 bits per heavy atom. The number of hydrogen-bond acceptors (Lipinski definition) is 5. The van der Waals surface area contributed by atoms with Crippen LogP contribution in [0.15, 0.2) is 97.1 Å². The molecule has 208 valence electrons. The molecule has 1 aliphatic heterocycles. The first-order valence-electron chi connectivity index (χ1n) is 13.2. The fourth-order valence-electron chi connectivity index (χ4n) is 4.60. The molecule has 40 heavy (non-hydrogen) atoms. The molecule has 0 radical (unpaired) electrons. The molecule has 0 aliphatic carbocycles. The fraction of sp³-hybridized carbons (Fsp3) is 0.250. The SMILES string of the molecule is CNS(=O)Cc1cccc(CNC2(c3ccc(OCc4ccccc4)cc3OCc3ccccc3)COC2)c1F. The summed E-state index contributed by atoms with van der Waals surface area (Å²) < 4.78 is 48.0. The van der Waals surface area contributed by atoms with Crippen LogP contribution in [0, 0.1) is 5.82 Å². The van der Waals surface area contributed by atoms with Crippen molar-refractivity contribution in [2.24, 2.45) is 0 Å². The van der Waals surface area contributed by atoms with Gasteiger partial charge in [-0.25, -0.2) is 13.3 Å². The molecule has 6 nitrogen and oxygen atoms in total. The summed E-state index contributed by atoms with van der Waals surface area (Å²) in [5, 5.41) is 3.54. The van der Waals surface area contributed by atoms with Gasteiger partial charge in [0.15, 0.2) is 0 Å². The summed E-state index contributed by atoms with van der Waals surface area (Å²) in [6.07, 6.45) is 0. The van der Waals surface area contributed by atoms with Crippen molar-refractivity contribution in [2.75, 3.05) is 20.3 Å². The van der Waals surface area contributed by atoms with E-state index in [0.29, 0.717) is 49.1 Å². The third-order valence-corrected chi connectivity index (χ3v) is 7.97. The zero-order valence-corrected chi connectivity index (χ0v) is 23.2. The number of hydrogen-bond donors (Lipinski definition) is 2. The first-order valence-corrected chi connectivity index (χ1v) is 14.5. The Morgan fingerprint density at radius 2 is 1.50 bits per heavy atom. The quantitative estimate of drug-likeness (QED) is 0.230. The highest BCUT2D eigenvalue weighted by atomic mass is 32.2. The summed E-state index contributed by atoms with van der Waals surface area (Å²) in [5.41, 5.74) is 3.42. The lowest BCUT2D eigenvalue weighted by atomic mass is 9.86. The minimum absolute atomic E-state index is 0.104. The van der Waals surface area contributed by atoms with Gasteiger partial charge >= 0.3 is 0 Å². The van der Waals surface area contributed by atoms with E-state index in [1.165, 1.54) is 0 Å². The second kappa shape index (κ2) is 13.2. The highest BCUT2D eigenvalue weighted by Crippen LogP contribution is 2.39. The van der Waals surface area contributed by atoms with Crippen molar-refractivity contribution >= 4 is 11.0 Å². The van der Waals surface area contributed by atoms with Gasteiger partial charge in [0.1, 0.15) is 30.5 Å². The smallest absolute Gasteiger partial charge is 0.131 e. The van der Waals surface area contributed by atoms with Gasteiger partial charge in [-0.1, -0.05) is 78.9 Å². The first-order chi connectivity index (χ1) is 19.6. The summed E-state index contributed by atoms with van der Waals surface area (Å²) in [6.45, 7) is 1.96. The maximum Gasteiger partial charge on any atom is 0.131 e. The third kappa shape index (κ3) is 6.77. The van der Waals surface area contributed by atoms with Crippen molar-refractivity contribution < 1.29 is 22.8 Å². The van der Waals surface area contributed by atoms with E-state index in [-0.39, 0.29) is 18.1 Å². The topological polar surface area (TPSA) is 68.8 Å². The lowest BCUT2D eigenvalue weighted by Crippen LogP contribution is -2.57. The Bertz CT molecular complexity index is 1430. The molecule has 1 aliphatic rings. The van der Waals surface area contributed by atoms with E-state index in [1.54, 1.807) is 25.2 Å². The van der Waals surface area contributed by atoms with E-state index >= 15 is 4.39 Å². The standard InChI is InChI=1S/C32H33FN2O4S/c1-34-40(36)21-27-14-8-13-26(31(27)33)18-35-32(22-37-23-32)29-16-15-28(38-19-24-9-4-2-5-10-24)17-30(29)39-20-25-11-6-3-7-12-25/h2-17,34-35H,18-23H2,1H3. The molecule has 1 heterocycles. The second-order valence-electron chi connectivity index (χ2n) is 9.72. The summed E-state index contributed by atoms with van der Waals surface area (Å²) in [4.78, 5) is 0. The normalized spacial score (nSPS) is 14.8. The minimum atomic E-state index is -1.33. The van der Waals surface area contributed by atoms with Gasteiger partial charge in [0.25, 0.3) is 0 Å². The van der Waals surface area contributed by atoms with Gasteiger partial charge in [-0.2, -0.15) is 0 Å². The van der Waals surface area contributed by atoms with E-state index < -0.39 is 16.5 Å². The molecule has 1 unspecified atom stereocenters. The van der Waals surface area contributed by atoms with E-state index in [1.807, 2.05) is 78.9 Å².